The lowest BCUT2D eigenvalue weighted by atomic mass is 9.77. The summed E-state index contributed by atoms with van der Waals surface area (Å²) >= 11 is 0. The van der Waals surface area contributed by atoms with Gasteiger partial charge in [0.25, 0.3) is 0 Å². The highest BCUT2D eigenvalue weighted by Gasteiger charge is 2.33. The largest absolute Gasteiger partial charge is 0.479 e. The van der Waals surface area contributed by atoms with Crippen LogP contribution in [0.3, 0.4) is 0 Å². The molecular formula is C24H26FN7O2. The number of alkyl halides is 1. The van der Waals surface area contributed by atoms with Crippen LogP contribution >= 0.6 is 0 Å². The highest BCUT2D eigenvalue weighted by molar-refractivity contribution is 5.78. The van der Waals surface area contributed by atoms with Crippen molar-refractivity contribution in [2.45, 2.75) is 44.7 Å². The standard InChI is InChI=1S/C24H26FN7O2/c1-13-20(15-5-3-14(4-6-15)19(25)24(33)34)30-22-17(12-29-32(22)21(13)26)16-7-8-18(28-11-16)23-27-9-10-31(23)2/h7-12,14-15,19H,3-6,26H2,1-2H3,(H,33,34). The topological polar surface area (TPSA) is 124 Å². The first-order valence-corrected chi connectivity index (χ1v) is 11.3. The third kappa shape index (κ3) is 3.68. The molecule has 0 saturated heterocycles. The molecule has 0 spiro atoms. The van der Waals surface area contributed by atoms with Gasteiger partial charge in [-0.1, -0.05) is 6.07 Å². The third-order valence-electron chi connectivity index (χ3n) is 6.90. The number of halogens is 1. The van der Waals surface area contributed by atoms with E-state index in [1.165, 1.54) is 0 Å². The van der Waals surface area contributed by atoms with Crippen LogP contribution in [0, 0.1) is 12.8 Å². The Kier molecular flexibility index (Phi) is 5.51. The summed E-state index contributed by atoms with van der Waals surface area (Å²) in [6, 6.07) is 3.88. The summed E-state index contributed by atoms with van der Waals surface area (Å²) in [4.78, 5) is 24.9. The van der Waals surface area contributed by atoms with Crippen LogP contribution < -0.4 is 5.73 Å². The van der Waals surface area contributed by atoms with E-state index in [-0.39, 0.29) is 5.92 Å². The van der Waals surface area contributed by atoms with Crippen LogP contribution in [0.2, 0.25) is 0 Å². The molecule has 0 aliphatic heterocycles. The fourth-order valence-corrected chi connectivity index (χ4v) is 4.90. The molecule has 34 heavy (non-hydrogen) atoms. The summed E-state index contributed by atoms with van der Waals surface area (Å²) < 4.78 is 17.5. The zero-order chi connectivity index (χ0) is 24.0. The molecule has 4 aromatic rings. The third-order valence-corrected chi connectivity index (χ3v) is 6.90. The predicted molar refractivity (Wildman–Crippen MR) is 125 cm³/mol. The first kappa shape index (κ1) is 22.0. The van der Waals surface area contributed by atoms with Crippen molar-refractivity contribution in [1.82, 2.24) is 29.1 Å². The molecular weight excluding hydrogens is 437 g/mol. The van der Waals surface area contributed by atoms with Gasteiger partial charge in [0.05, 0.1) is 11.9 Å². The van der Waals surface area contributed by atoms with Gasteiger partial charge in [-0.05, 0) is 38.7 Å². The lowest BCUT2D eigenvalue weighted by molar-refractivity contribution is -0.145. The lowest BCUT2D eigenvalue weighted by Gasteiger charge is -2.29. The van der Waals surface area contributed by atoms with E-state index >= 15 is 0 Å². The second kappa shape index (κ2) is 8.51. The summed E-state index contributed by atoms with van der Waals surface area (Å²) in [5.74, 6) is -0.448. The Labute approximate surface area is 195 Å². The van der Waals surface area contributed by atoms with Gasteiger partial charge in [0.1, 0.15) is 11.5 Å². The van der Waals surface area contributed by atoms with E-state index in [9.17, 15) is 9.18 Å². The van der Waals surface area contributed by atoms with Gasteiger partial charge in [0.2, 0.25) is 0 Å². The summed E-state index contributed by atoms with van der Waals surface area (Å²) in [7, 11) is 1.92. The summed E-state index contributed by atoms with van der Waals surface area (Å²) in [5.41, 5.74) is 11.2. The van der Waals surface area contributed by atoms with Crippen LogP contribution in [0.15, 0.2) is 36.9 Å². The van der Waals surface area contributed by atoms with Gasteiger partial charge in [-0.25, -0.2) is 19.2 Å². The number of hydrogen-bond donors (Lipinski definition) is 2. The van der Waals surface area contributed by atoms with Gasteiger partial charge < -0.3 is 15.4 Å². The van der Waals surface area contributed by atoms with Crippen molar-refractivity contribution in [3.05, 3.63) is 48.2 Å². The molecule has 0 amide bonds. The normalized spacial score (nSPS) is 19.4. The number of imidazole rings is 1. The van der Waals surface area contributed by atoms with E-state index in [2.05, 4.69) is 15.1 Å². The molecule has 4 heterocycles. The quantitative estimate of drug-likeness (QED) is 0.461. The number of aromatic nitrogens is 6. The Morgan fingerprint density at radius 1 is 1.21 bits per heavy atom. The fourth-order valence-electron chi connectivity index (χ4n) is 4.90. The molecule has 1 atom stereocenters. The first-order valence-electron chi connectivity index (χ1n) is 11.3. The molecule has 1 unspecified atom stereocenters. The molecule has 0 bridgehead atoms. The van der Waals surface area contributed by atoms with Crippen molar-refractivity contribution in [2.75, 3.05) is 5.73 Å². The number of rotatable bonds is 5. The molecule has 9 nitrogen and oxygen atoms in total. The number of carboxylic acids is 1. The molecule has 1 aliphatic rings. The molecule has 3 N–H and O–H groups in total. The van der Waals surface area contributed by atoms with Crippen LogP contribution in [0.4, 0.5) is 10.2 Å². The summed E-state index contributed by atoms with van der Waals surface area (Å²) in [6.07, 6.45) is 7.66. The number of nitrogen functional groups attached to an aromatic ring is 1. The fraction of sp³-hybridized carbons (Fsp3) is 0.375. The molecule has 4 aromatic heterocycles. The van der Waals surface area contributed by atoms with E-state index in [0.717, 1.165) is 33.9 Å². The number of aryl methyl sites for hydroxylation is 1. The summed E-state index contributed by atoms with van der Waals surface area (Å²) in [5, 5.41) is 13.4. The van der Waals surface area contributed by atoms with E-state index in [0.29, 0.717) is 37.1 Å². The van der Waals surface area contributed by atoms with Crippen molar-refractivity contribution < 1.29 is 14.3 Å². The number of hydrogen-bond acceptors (Lipinski definition) is 6. The maximum Gasteiger partial charge on any atom is 0.338 e. The highest BCUT2D eigenvalue weighted by Crippen LogP contribution is 2.40. The molecule has 1 fully saturated rings. The Morgan fingerprint density at radius 2 is 1.97 bits per heavy atom. The number of anilines is 1. The Hall–Kier alpha value is -3.82. The van der Waals surface area contributed by atoms with E-state index in [4.69, 9.17) is 15.8 Å². The van der Waals surface area contributed by atoms with Gasteiger partial charge in [-0.2, -0.15) is 9.61 Å². The molecule has 1 saturated carbocycles. The number of carboxylic acid groups (broad SMARTS) is 1. The highest BCUT2D eigenvalue weighted by atomic mass is 19.1. The van der Waals surface area contributed by atoms with Crippen LogP contribution in [-0.2, 0) is 11.8 Å². The molecule has 10 heteroatoms. The van der Waals surface area contributed by atoms with Gasteiger partial charge in [-0.3, -0.25) is 4.98 Å². The maximum absolute atomic E-state index is 14.0. The van der Waals surface area contributed by atoms with Gasteiger partial charge in [0.15, 0.2) is 17.6 Å². The van der Waals surface area contributed by atoms with Crippen molar-refractivity contribution >= 4 is 17.4 Å². The number of nitrogens with zero attached hydrogens (tertiary/aromatic N) is 6. The zero-order valence-electron chi connectivity index (χ0n) is 19.0. The molecule has 0 radical (unpaired) electrons. The van der Waals surface area contributed by atoms with E-state index < -0.39 is 18.1 Å². The SMILES string of the molecule is Cc1c(C2CCC(C(F)C(=O)O)CC2)nc2c(-c3ccc(-c4nccn4C)nc3)cnn2c1N. The second-order valence-electron chi connectivity index (χ2n) is 8.95. The minimum Gasteiger partial charge on any atom is -0.479 e. The first-order chi connectivity index (χ1) is 16.3. The second-order valence-corrected chi connectivity index (χ2v) is 8.95. The van der Waals surface area contributed by atoms with Crippen LogP contribution in [-0.4, -0.2) is 46.4 Å². The predicted octanol–water partition coefficient (Wildman–Crippen LogP) is 3.78. The van der Waals surface area contributed by atoms with Crippen molar-refractivity contribution in [2.24, 2.45) is 13.0 Å². The number of carbonyl (C=O) groups is 1. The Morgan fingerprint density at radius 3 is 2.59 bits per heavy atom. The van der Waals surface area contributed by atoms with Crippen molar-refractivity contribution in [3.63, 3.8) is 0 Å². The smallest absolute Gasteiger partial charge is 0.338 e. The summed E-state index contributed by atoms with van der Waals surface area (Å²) in [6.45, 7) is 1.92. The number of pyridine rings is 1. The van der Waals surface area contributed by atoms with Crippen LogP contribution in [0.5, 0.6) is 0 Å². The van der Waals surface area contributed by atoms with E-state index in [1.807, 2.05) is 36.9 Å². The van der Waals surface area contributed by atoms with Crippen molar-refractivity contribution in [3.8, 4) is 22.6 Å². The van der Waals surface area contributed by atoms with Crippen LogP contribution in [0.1, 0.15) is 42.9 Å². The molecule has 5 rings (SSSR count). The minimum atomic E-state index is -1.81. The average molecular weight is 464 g/mol. The molecule has 1 aliphatic carbocycles. The minimum absolute atomic E-state index is 0.0937. The monoisotopic (exact) mass is 463 g/mol. The number of nitrogens with two attached hydrogens (primary N) is 1. The zero-order valence-corrected chi connectivity index (χ0v) is 19.0. The Bertz CT molecular complexity index is 1350. The van der Waals surface area contributed by atoms with Gasteiger partial charge in [0, 0.05) is 54.2 Å². The van der Waals surface area contributed by atoms with E-state index in [1.54, 1.807) is 23.1 Å². The average Bonchev–Trinajstić information content (AvgIpc) is 3.47. The molecule has 176 valence electrons. The van der Waals surface area contributed by atoms with Crippen LogP contribution in [0.25, 0.3) is 28.3 Å². The number of aliphatic carboxylic acids is 1. The Balaban J connectivity index is 1.47. The van der Waals surface area contributed by atoms with Gasteiger partial charge in [-0.15, -0.1) is 0 Å². The molecule has 0 aromatic carbocycles. The lowest BCUT2D eigenvalue weighted by Crippen LogP contribution is -2.29. The maximum atomic E-state index is 14.0. The number of fused-ring (bicyclic) bond motifs is 1. The van der Waals surface area contributed by atoms with Crippen molar-refractivity contribution in [1.29, 1.82) is 0 Å². The van der Waals surface area contributed by atoms with Gasteiger partial charge >= 0.3 is 5.97 Å².